The van der Waals surface area contributed by atoms with Crippen molar-refractivity contribution >= 4 is 0 Å². The zero-order valence-corrected chi connectivity index (χ0v) is 16.3. The minimum Gasteiger partial charge on any atom is -0.489 e. The van der Waals surface area contributed by atoms with Crippen molar-refractivity contribution in [1.29, 1.82) is 0 Å². The third-order valence-corrected chi connectivity index (χ3v) is 6.21. The SMILES string of the molecule is CCCCC1CN2CCc3cc(OCc4cccnc4)ccc3C2CC1N. The average molecular weight is 366 g/mol. The van der Waals surface area contributed by atoms with Crippen molar-refractivity contribution in [2.75, 3.05) is 13.1 Å². The zero-order chi connectivity index (χ0) is 18.6. The normalized spacial score (nSPS) is 24.9. The maximum Gasteiger partial charge on any atom is 0.120 e. The molecule has 0 amide bonds. The Morgan fingerprint density at radius 3 is 3.04 bits per heavy atom. The van der Waals surface area contributed by atoms with Crippen LogP contribution in [0.4, 0.5) is 0 Å². The van der Waals surface area contributed by atoms with Gasteiger partial charge in [-0.1, -0.05) is 31.9 Å². The third-order valence-electron chi connectivity index (χ3n) is 6.21. The minimum absolute atomic E-state index is 0.324. The zero-order valence-electron chi connectivity index (χ0n) is 16.3. The van der Waals surface area contributed by atoms with Gasteiger partial charge in [0, 0.05) is 43.1 Å². The van der Waals surface area contributed by atoms with Crippen LogP contribution in [0, 0.1) is 5.92 Å². The molecule has 0 bridgehead atoms. The summed E-state index contributed by atoms with van der Waals surface area (Å²) in [5.41, 5.74) is 10.6. The van der Waals surface area contributed by atoms with Gasteiger partial charge in [0.2, 0.25) is 0 Å². The second-order valence-corrected chi connectivity index (χ2v) is 8.07. The quantitative estimate of drug-likeness (QED) is 0.837. The monoisotopic (exact) mass is 365 g/mol. The molecule has 2 aromatic rings. The summed E-state index contributed by atoms with van der Waals surface area (Å²) < 4.78 is 6.00. The van der Waals surface area contributed by atoms with Crippen LogP contribution >= 0.6 is 0 Å². The summed E-state index contributed by atoms with van der Waals surface area (Å²) in [6.45, 7) is 5.12. The van der Waals surface area contributed by atoms with E-state index in [0.29, 0.717) is 24.6 Å². The summed E-state index contributed by atoms with van der Waals surface area (Å²) in [5.74, 6) is 1.61. The highest BCUT2D eigenvalue weighted by atomic mass is 16.5. The number of nitrogens with two attached hydrogens (primary N) is 1. The van der Waals surface area contributed by atoms with Crippen LogP contribution in [0.5, 0.6) is 5.75 Å². The molecule has 3 atom stereocenters. The summed E-state index contributed by atoms with van der Waals surface area (Å²) in [6.07, 6.45) is 9.66. The van der Waals surface area contributed by atoms with Gasteiger partial charge in [0.05, 0.1) is 0 Å². The lowest BCUT2D eigenvalue weighted by Crippen LogP contribution is -2.50. The molecule has 4 nitrogen and oxygen atoms in total. The van der Waals surface area contributed by atoms with Gasteiger partial charge in [-0.15, -0.1) is 0 Å². The Balaban J connectivity index is 1.44. The number of unbranched alkanes of at least 4 members (excludes halogenated alkanes) is 1. The Bertz CT molecular complexity index is 749. The number of ether oxygens (including phenoxy) is 1. The molecular weight excluding hydrogens is 334 g/mol. The predicted molar refractivity (Wildman–Crippen MR) is 109 cm³/mol. The Morgan fingerprint density at radius 2 is 2.22 bits per heavy atom. The molecule has 1 fully saturated rings. The molecule has 144 valence electrons. The van der Waals surface area contributed by atoms with E-state index in [1.54, 1.807) is 6.20 Å². The molecule has 1 aromatic heterocycles. The van der Waals surface area contributed by atoms with E-state index in [0.717, 1.165) is 37.2 Å². The highest BCUT2D eigenvalue weighted by Crippen LogP contribution is 2.40. The lowest BCUT2D eigenvalue weighted by atomic mass is 9.79. The number of fused-ring (bicyclic) bond motifs is 3. The van der Waals surface area contributed by atoms with Crippen molar-refractivity contribution in [3.05, 3.63) is 59.4 Å². The molecular formula is C23H31N3O. The van der Waals surface area contributed by atoms with Crippen LogP contribution in [0.2, 0.25) is 0 Å². The van der Waals surface area contributed by atoms with Gasteiger partial charge >= 0.3 is 0 Å². The summed E-state index contributed by atoms with van der Waals surface area (Å²) in [5, 5.41) is 0. The van der Waals surface area contributed by atoms with Crippen molar-refractivity contribution in [2.45, 2.75) is 57.7 Å². The van der Waals surface area contributed by atoms with Crippen molar-refractivity contribution in [1.82, 2.24) is 9.88 Å². The molecule has 2 aliphatic rings. The van der Waals surface area contributed by atoms with Crippen molar-refractivity contribution in [3.63, 3.8) is 0 Å². The van der Waals surface area contributed by atoms with Crippen LogP contribution in [0.15, 0.2) is 42.7 Å². The van der Waals surface area contributed by atoms with Crippen LogP contribution in [-0.2, 0) is 13.0 Å². The fraction of sp³-hybridized carbons (Fsp3) is 0.522. The molecule has 3 heterocycles. The standard InChI is InChI=1S/C23H31N3O/c1-2-3-6-19-15-26-11-9-18-12-20(27-16-17-5-4-10-25-14-17)7-8-21(18)23(26)13-22(19)24/h4-5,7-8,10,12,14,19,22-23H,2-3,6,9,11,13,15-16,24H2,1H3. The van der Waals surface area contributed by atoms with Crippen molar-refractivity contribution < 1.29 is 4.74 Å². The number of piperidine rings is 1. The number of rotatable bonds is 6. The number of pyridine rings is 1. The highest BCUT2D eigenvalue weighted by molar-refractivity contribution is 5.40. The fourth-order valence-electron chi connectivity index (χ4n) is 4.63. The van der Waals surface area contributed by atoms with Gasteiger partial charge < -0.3 is 10.5 Å². The number of benzene rings is 1. The molecule has 3 unspecified atom stereocenters. The van der Waals surface area contributed by atoms with Crippen molar-refractivity contribution in [3.8, 4) is 5.75 Å². The van der Waals surface area contributed by atoms with Crippen LogP contribution < -0.4 is 10.5 Å². The Morgan fingerprint density at radius 1 is 1.30 bits per heavy atom. The van der Waals surface area contributed by atoms with E-state index >= 15 is 0 Å². The van der Waals surface area contributed by atoms with E-state index in [2.05, 4.69) is 35.0 Å². The molecule has 2 aliphatic heterocycles. The summed E-state index contributed by atoms with van der Waals surface area (Å²) in [7, 11) is 0. The second kappa shape index (κ2) is 8.41. The van der Waals surface area contributed by atoms with E-state index in [1.165, 1.54) is 30.4 Å². The van der Waals surface area contributed by atoms with Gasteiger partial charge in [0.25, 0.3) is 0 Å². The molecule has 0 aliphatic carbocycles. The molecule has 0 radical (unpaired) electrons. The number of hydrogen-bond acceptors (Lipinski definition) is 4. The number of hydrogen-bond donors (Lipinski definition) is 1. The molecule has 4 heteroatoms. The molecule has 2 N–H and O–H groups in total. The van der Waals surface area contributed by atoms with Gasteiger partial charge in [0.15, 0.2) is 0 Å². The first kappa shape index (κ1) is 18.5. The molecule has 0 spiro atoms. The summed E-state index contributed by atoms with van der Waals surface area (Å²) >= 11 is 0. The van der Waals surface area contributed by atoms with Crippen LogP contribution in [0.3, 0.4) is 0 Å². The van der Waals surface area contributed by atoms with Crippen molar-refractivity contribution in [2.24, 2.45) is 11.7 Å². The molecule has 27 heavy (non-hydrogen) atoms. The number of aromatic nitrogens is 1. The van der Waals surface area contributed by atoms with E-state index < -0.39 is 0 Å². The van der Waals surface area contributed by atoms with E-state index in [4.69, 9.17) is 10.5 Å². The third kappa shape index (κ3) is 4.17. The van der Waals surface area contributed by atoms with Gasteiger partial charge in [-0.25, -0.2) is 0 Å². The Hall–Kier alpha value is -1.91. The maximum atomic E-state index is 6.57. The molecule has 0 saturated carbocycles. The summed E-state index contributed by atoms with van der Waals surface area (Å²) in [6, 6.07) is 11.4. The van der Waals surface area contributed by atoms with E-state index in [-0.39, 0.29) is 0 Å². The van der Waals surface area contributed by atoms with E-state index in [1.807, 2.05) is 18.3 Å². The topological polar surface area (TPSA) is 51.4 Å². The highest BCUT2D eigenvalue weighted by Gasteiger charge is 2.37. The van der Waals surface area contributed by atoms with Crippen LogP contribution in [0.25, 0.3) is 0 Å². The molecule has 1 aromatic carbocycles. The molecule has 1 saturated heterocycles. The fourth-order valence-corrected chi connectivity index (χ4v) is 4.63. The smallest absolute Gasteiger partial charge is 0.120 e. The first-order valence-electron chi connectivity index (χ1n) is 10.4. The lowest BCUT2D eigenvalue weighted by molar-refractivity contribution is 0.0785. The van der Waals surface area contributed by atoms with Gasteiger partial charge in [-0.3, -0.25) is 9.88 Å². The lowest BCUT2D eigenvalue weighted by Gasteiger charge is -2.46. The number of nitrogens with zero attached hydrogens (tertiary/aromatic N) is 2. The predicted octanol–water partition coefficient (Wildman–Crippen LogP) is 4.10. The van der Waals surface area contributed by atoms with Gasteiger partial charge in [-0.2, -0.15) is 0 Å². The second-order valence-electron chi connectivity index (χ2n) is 8.07. The summed E-state index contributed by atoms with van der Waals surface area (Å²) in [4.78, 5) is 6.82. The van der Waals surface area contributed by atoms with Gasteiger partial charge in [0.1, 0.15) is 12.4 Å². The maximum absolute atomic E-state index is 6.57. The van der Waals surface area contributed by atoms with Gasteiger partial charge in [-0.05, 0) is 54.5 Å². The first-order chi connectivity index (χ1) is 13.2. The first-order valence-corrected chi connectivity index (χ1v) is 10.4. The van der Waals surface area contributed by atoms with Crippen LogP contribution in [0.1, 0.15) is 55.3 Å². The molecule has 4 rings (SSSR count). The Labute approximate surface area is 162 Å². The van der Waals surface area contributed by atoms with Crippen LogP contribution in [-0.4, -0.2) is 29.0 Å². The minimum atomic E-state index is 0.324. The van der Waals surface area contributed by atoms with E-state index in [9.17, 15) is 0 Å². The average Bonchev–Trinajstić information content (AvgIpc) is 2.71. The Kier molecular flexibility index (Phi) is 5.74. The largest absolute Gasteiger partial charge is 0.489 e.